The second-order valence-corrected chi connectivity index (χ2v) is 8.24. The van der Waals surface area contributed by atoms with Crippen LogP contribution in [0.3, 0.4) is 0 Å². The Morgan fingerprint density at radius 2 is 2.04 bits per heavy atom. The Bertz CT molecular complexity index is 919. The fourth-order valence-electron chi connectivity index (χ4n) is 2.66. The van der Waals surface area contributed by atoms with Crippen molar-refractivity contribution in [3.05, 3.63) is 52.7 Å². The zero-order valence-electron chi connectivity index (χ0n) is 13.4. The van der Waals surface area contributed by atoms with Crippen LogP contribution in [-0.4, -0.2) is 25.7 Å². The Labute approximate surface area is 153 Å². The SMILES string of the molecule is O=S1(=O)CCCN1c1cccc(CNc2ncc(C(F)(F)F)cc2Cl)c1. The Morgan fingerprint density at radius 3 is 2.65 bits per heavy atom. The first-order valence-corrected chi connectivity index (χ1v) is 9.71. The number of nitrogens with zero attached hydrogens (tertiary/aromatic N) is 2. The van der Waals surface area contributed by atoms with Gasteiger partial charge in [-0.05, 0) is 30.2 Å². The quantitative estimate of drug-likeness (QED) is 0.837. The fraction of sp³-hybridized carbons (Fsp3) is 0.312. The topological polar surface area (TPSA) is 62.3 Å². The van der Waals surface area contributed by atoms with Crippen molar-refractivity contribution in [1.82, 2.24) is 4.98 Å². The average Bonchev–Trinajstić information content (AvgIpc) is 2.92. The first-order chi connectivity index (χ1) is 12.2. The van der Waals surface area contributed by atoms with Gasteiger partial charge in [0, 0.05) is 19.3 Å². The molecule has 0 radical (unpaired) electrons. The summed E-state index contributed by atoms with van der Waals surface area (Å²) in [4.78, 5) is 3.71. The molecule has 0 amide bonds. The number of nitrogens with one attached hydrogen (secondary N) is 1. The highest BCUT2D eigenvalue weighted by Gasteiger charge is 2.31. The van der Waals surface area contributed by atoms with E-state index in [1.807, 2.05) is 0 Å². The summed E-state index contributed by atoms with van der Waals surface area (Å²) in [7, 11) is -3.28. The predicted octanol–water partition coefficient (Wildman–Crippen LogP) is 3.91. The van der Waals surface area contributed by atoms with Crippen LogP contribution >= 0.6 is 11.6 Å². The van der Waals surface area contributed by atoms with E-state index in [-0.39, 0.29) is 23.1 Å². The Morgan fingerprint density at radius 1 is 1.27 bits per heavy atom. The van der Waals surface area contributed by atoms with Crippen LogP contribution in [-0.2, 0) is 22.7 Å². The molecule has 1 saturated heterocycles. The largest absolute Gasteiger partial charge is 0.417 e. The molecule has 3 rings (SSSR count). The normalized spacial score (nSPS) is 16.7. The molecule has 5 nitrogen and oxygen atoms in total. The molecular weight excluding hydrogens is 391 g/mol. The summed E-state index contributed by atoms with van der Waals surface area (Å²) in [6.45, 7) is 0.672. The molecule has 1 aromatic heterocycles. The smallest absolute Gasteiger partial charge is 0.365 e. The number of pyridine rings is 1. The van der Waals surface area contributed by atoms with E-state index in [2.05, 4.69) is 10.3 Å². The minimum atomic E-state index is -4.51. The van der Waals surface area contributed by atoms with E-state index in [0.717, 1.165) is 11.6 Å². The van der Waals surface area contributed by atoms with Crippen LogP contribution in [0.4, 0.5) is 24.7 Å². The number of alkyl halides is 3. The number of aromatic nitrogens is 1. The molecule has 0 atom stereocenters. The summed E-state index contributed by atoms with van der Waals surface area (Å²) in [5, 5.41) is 2.73. The molecule has 1 N–H and O–H groups in total. The van der Waals surface area contributed by atoms with Crippen molar-refractivity contribution < 1.29 is 21.6 Å². The third-order valence-electron chi connectivity index (χ3n) is 3.93. The molecule has 0 saturated carbocycles. The van der Waals surface area contributed by atoms with Gasteiger partial charge in [0.05, 0.1) is 22.0 Å². The van der Waals surface area contributed by atoms with Crippen LogP contribution in [0.15, 0.2) is 36.5 Å². The molecule has 0 bridgehead atoms. The van der Waals surface area contributed by atoms with Crippen molar-refractivity contribution in [2.24, 2.45) is 0 Å². The molecule has 2 heterocycles. The second kappa shape index (κ2) is 6.96. The van der Waals surface area contributed by atoms with E-state index < -0.39 is 21.8 Å². The van der Waals surface area contributed by atoms with Gasteiger partial charge >= 0.3 is 6.18 Å². The van der Waals surface area contributed by atoms with Crippen LogP contribution in [0.1, 0.15) is 17.5 Å². The average molecular weight is 406 g/mol. The molecule has 0 unspecified atom stereocenters. The van der Waals surface area contributed by atoms with Gasteiger partial charge in [-0.15, -0.1) is 0 Å². The molecule has 0 aliphatic carbocycles. The molecule has 2 aromatic rings. The summed E-state index contributed by atoms with van der Waals surface area (Å²) in [5.41, 5.74) is 0.393. The maximum absolute atomic E-state index is 12.6. The zero-order valence-corrected chi connectivity index (χ0v) is 15.0. The predicted molar refractivity (Wildman–Crippen MR) is 93.8 cm³/mol. The number of hydrogen-bond acceptors (Lipinski definition) is 4. The van der Waals surface area contributed by atoms with Crippen LogP contribution in [0.5, 0.6) is 0 Å². The first-order valence-electron chi connectivity index (χ1n) is 7.73. The second-order valence-electron chi connectivity index (χ2n) is 5.82. The Balaban J connectivity index is 1.74. The van der Waals surface area contributed by atoms with Gasteiger partial charge in [0.25, 0.3) is 0 Å². The van der Waals surface area contributed by atoms with Crippen molar-refractivity contribution in [3.8, 4) is 0 Å². The number of rotatable bonds is 4. The van der Waals surface area contributed by atoms with Crippen molar-refractivity contribution in [3.63, 3.8) is 0 Å². The molecule has 1 fully saturated rings. The van der Waals surface area contributed by atoms with Crippen molar-refractivity contribution in [1.29, 1.82) is 0 Å². The monoisotopic (exact) mass is 405 g/mol. The number of anilines is 2. The highest BCUT2D eigenvalue weighted by Crippen LogP contribution is 2.32. The molecule has 1 aliphatic rings. The number of halogens is 4. The number of sulfonamides is 1. The van der Waals surface area contributed by atoms with Gasteiger partial charge in [0.2, 0.25) is 10.0 Å². The highest BCUT2D eigenvalue weighted by molar-refractivity contribution is 7.93. The van der Waals surface area contributed by atoms with Crippen LogP contribution in [0.2, 0.25) is 5.02 Å². The Kier molecular flexibility index (Phi) is 5.03. The lowest BCUT2D eigenvalue weighted by atomic mass is 10.2. The van der Waals surface area contributed by atoms with Crippen molar-refractivity contribution >= 4 is 33.1 Å². The van der Waals surface area contributed by atoms with Gasteiger partial charge in [0.15, 0.2) is 0 Å². The maximum Gasteiger partial charge on any atom is 0.417 e. The van der Waals surface area contributed by atoms with Gasteiger partial charge in [-0.2, -0.15) is 13.2 Å². The van der Waals surface area contributed by atoms with E-state index in [4.69, 9.17) is 11.6 Å². The summed E-state index contributed by atoms with van der Waals surface area (Å²) in [5.74, 6) is 0.250. The van der Waals surface area contributed by atoms with Gasteiger partial charge < -0.3 is 5.32 Å². The van der Waals surface area contributed by atoms with Gasteiger partial charge in [-0.25, -0.2) is 13.4 Å². The summed E-state index contributed by atoms with van der Waals surface area (Å²) in [6.07, 6.45) is -3.22. The third kappa shape index (κ3) is 4.04. The van der Waals surface area contributed by atoms with Crippen LogP contribution in [0.25, 0.3) is 0 Å². The van der Waals surface area contributed by atoms with E-state index in [1.165, 1.54) is 4.31 Å². The van der Waals surface area contributed by atoms with E-state index in [9.17, 15) is 21.6 Å². The third-order valence-corrected chi connectivity index (χ3v) is 6.08. The lowest BCUT2D eigenvalue weighted by molar-refractivity contribution is -0.137. The lowest BCUT2D eigenvalue weighted by Gasteiger charge is -2.18. The van der Waals surface area contributed by atoms with E-state index in [1.54, 1.807) is 24.3 Å². The van der Waals surface area contributed by atoms with Gasteiger partial charge in [0.1, 0.15) is 5.82 Å². The maximum atomic E-state index is 12.6. The highest BCUT2D eigenvalue weighted by atomic mass is 35.5. The lowest BCUT2D eigenvalue weighted by Crippen LogP contribution is -2.25. The van der Waals surface area contributed by atoms with Crippen molar-refractivity contribution in [2.75, 3.05) is 21.9 Å². The summed E-state index contributed by atoms with van der Waals surface area (Å²) < 4.78 is 63.3. The number of benzene rings is 1. The van der Waals surface area contributed by atoms with Crippen LogP contribution < -0.4 is 9.62 Å². The summed E-state index contributed by atoms with van der Waals surface area (Å²) >= 11 is 5.86. The van der Waals surface area contributed by atoms with Gasteiger partial charge in [-0.3, -0.25) is 4.31 Å². The minimum absolute atomic E-state index is 0.124. The van der Waals surface area contributed by atoms with E-state index >= 15 is 0 Å². The first kappa shape index (κ1) is 18.8. The zero-order chi connectivity index (χ0) is 18.9. The Hall–Kier alpha value is -2.00. The van der Waals surface area contributed by atoms with E-state index in [0.29, 0.717) is 24.8 Å². The van der Waals surface area contributed by atoms with Crippen LogP contribution in [0, 0.1) is 0 Å². The fourth-order valence-corrected chi connectivity index (χ4v) is 4.45. The summed E-state index contributed by atoms with van der Waals surface area (Å²) in [6, 6.07) is 7.73. The number of hydrogen-bond donors (Lipinski definition) is 1. The van der Waals surface area contributed by atoms with Gasteiger partial charge in [-0.1, -0.05) is 23.7 Å². The molecule has 140 valence electrons. The molecule has 1 aliphatic heterocycles. The molecule has 0 spiro atoms. The molecule has 1 aromatic carbocycles. The molecule has 26 heavy (non-hydrogen) atoms. The minimum Gasteiger partial charge on any atom is -0.365 e. The standard InChI is InChI=1S/C16H15ClF3N3O2S/c17-14-8-12(16(18,19)20)10-22-15(14)21-9-11-3-1-4-13(7-11)23-5-2-6-26(23,24)25/h1,3-4,7-8,10H,2,5-6,9H2,(H,21,22). The molecular formula is C16H15ClF3N3O2S. The van der Waals surface area contributed by atoms with Crippen molar-refractivity contribution in [2.45, 2.75) is 19.1 Å². The molecule has 10 heteroatoms.